The standard InChI is InChI=1S/C14H18N2O5/c1-4-16(8-12(17)21-3)14(20)15-11-7-5-6-10(9(11)2)13(18)19/h5-7H,4,8H2,1-3H3,(H,15,20)(H,18,19). The number of nitrogens with one attached hydrogen (secondary N) is 1. The molecule has 0 aliphatic rings. The molecular weight excluding hydrogens is 276 g/mol. The summed E-state index contributed by atoms with van der Waals surface area (Å²) in [6, 6.07) is 4.11. The van der Waals surface area contributed by atoms with Crippen molar-refractivity contribution in [2.75, 3.05) is 25.5 Å². The van der Waals surface area contributed by atoms with Gasteiger partial charge < -0.3 is 20.1 Å². The van der Waals surface area contributed by atoms with Crippen LogP contribution < -0.4 is 5.32 Å². The maximum atomic E-state index is 12.1. The summed E-state index contributed by atoms with van der Waals surface area (Å²) in [4.78, 5) is 35.6. The average Bonchev–Trinajstić information content (AvgIpc) is 2.46. The number of anilines is 1. The number of ether oxygens (including phenoxy) is 1. The Labute approximate surface area is 122 Å². The number of methoxy groups -OCH3 is 1. The zero-order chi connectivity index (χ0) is 16.0. The van der Waals surface area contributed by atoms with Crippen LogP contribution in [0.25, 0.3) is 0 Å². The van der Waals surface area contributed by atoms with Crippen molar-refractivity contribution < 1.29 is 24.2 Å². The number of likely N-dealkylation sites (N-methyl/N-ethyl adjacent to an activating group) is 1. The van der Waals surface area contributed by atoms with Crippen LogP contribution in [0.3, 0.4) is 0 Å². The Hall–Kier alpha value is -2.57. The van der Waals surface area contributed by atoms with Crippen molar-refractivity contribution in [1.29, 1.82) is 0 Å². The molecule has 0 aliphatic heterocycles. The van der Waals surface area contributed by atoms with Crippen LogP contribution >= 0.6 is 0 Å². The lowest BCUT2D eigenvalue weighted by atomic mass is 10.1. The molecule has 7 heteroatoms. The second-order valence-electron chi connectivity index (χ2n) is 4.30. The van der Waals surface area contributed by atoms with E-state index in [-0.39, 0.29) is 12.1 Å². The van der Waals surface area contributed by atoms with Crippen LogP contribution in [0.2, 0.25) is 0 Å². The Morgan fingerprint density at radius 2 is 2.00 bits per heavy atom. The predicted octanol–water partition coefficient (Wildman–Crippen LogP) is 1.72. The molecule has 2 N–H and O–H groups in total. The van der Waals surface area contributed by atoms with Crippen LogP contribution in [0.15, 0.2) is 18.2 Å². The Morgan fingerprint density at radius 1 is 1.33 bits per heavy atom. The molecule has 1 rings (SSSR count). The van der Waals surface area contributed by atoms with Crippen molar-refractivity contribution >= 4 is 23.7 Å². The number of carbonyl (C=O) groups excluding carboxylic acids is 2. The van der Waals surface area contributed by atoms with Gasteiger partial charge in [0, 0.05) is 12.2 Å². The van der Waals surface area contributed by atoms with E-state index in [2.05, 4.69) is 10.1 Å². The number of carboxylic acids is 1. The van der Waals surface area contributed by atoms with Crippen molar-refractivity contribution in [1.82, 2.24) is 4.90 Å². The number of rotatable bonds is 5. The number of nitrogens with zero attached hydrogens (tertiary/aromatic N) is 1. The molecule has 0 spiro atoms. The first kappa shape index (κ1) is 16.5. The molecule has 0 bridgehead atoms. The van der Waals surface area contributed by atoms with E-state index in [9.17, 15) is 14.4 Å². The number of benzene rings is 1. The molecule has 0 radical (unpaired) electrons. The first-order valence-electron chi connectivity index (χ1n) is 6.36. The van der Waals surface area contributed by atoms with E-state index in [1.165, 1.54) is 18.1 Å². The molecule has 1 aromatic carbocycles. The highest BCUT2D eigenvalue weighted by atomic mass is 16.5. The molecule has 2 amide bonds. The number of hydrogen-bond acceptors (Lipinski definition) is 4. The van der Waals surface area contributed by atoms with E-state index in [1.807, 2.05) is 0 Å². The SMILES string of the molecule is CCN(CC(=O)OC)C(=O)Nc1cccc(C(=O)O)c1C. The molecule has 0 saturated carbocycles. The average molecular weight is 294 g/mol. The Bertz CT molecular complexity index is 556. The molecule has 114 valence electrons. The van der Waals surface area contributed by atoms with Crippen LogP contribution in [-0.4, -0.2) is 48.2 Å². The van der Waals surface area contributed by atoms with Gasteiger partial charge in [-0.2, -0.15) is 0 Å². The highest BCUT2D eigenvalue weighted by molar-refractivity contribution is 5.96. The minimum Gasteiger partial charge on any atom is -0.478 e. The van der Waals surface area contributed by atoms with Crippen molar-refractivity contribution in [3.05, 3.63) is 29.3 Å². The first-order valence-corrected chi connectivity index (χ1v) is 6.36. The summed E-state index contributed by atoms with van der Waals surface area (Å²) < 4.78 is 4.52. The normalized spacial score (nSPS) is 9.86. The number of urea groups is 1. The van der Waals surface area contributed by atoms with E-state index < -0.39 is 18.0 Å². The van der Waals surface area contributed by atoms with Crippen LogP contribution in [-0.2, 0) is 9.53 Å². The number of aromatic carboxylic acids is 1. The highest BCUT2D eigenvalue weighted by Crippen LogP contribution is 2.19. The molecule has 0 aliphatic carbocycles. The molecule has 1 aromatic rings. The summed E-state index contributed by atoms with van der Waals surface area (Å²) in [7, 11) is 1.24. The van der Waals surface area contributed by atoms with Gasteiger partial charge in [0.25, 0.3) is 0 Å². The molecule has 0 atom stereocenters. The van der Waals surface area contributed by atoms with Crippen LogP contribution in [0, 0.1) is 6.92 Å². The number of amides is 2. The Kier molecular flexibility index (Phi) is 5.71. The third kappa shape index (κ3) is 4.20. The van der Waals surface area contributed by atoms with Crippen molar-refractivity contribution in [3.63, 3.8) is 0 Å². The van der Waals surface area contributed by atoms with Gasteiger partial charge >= 0.3 is 18.0 Å². The van der Waals surface area contributed by atoms with Gasteiger partial charge in [0.05, 0.1) is 12.7 Å². The Balaban J connectivity index is 2.89. The molecule has 0 aromatic heterocycles. The van der Waals surface area contributed by atoms with Gasteiger partial charge in [0.2, 0.25) is 0 Å². The lowest BCUT2D eigenvalue weighted by Gasteiger charge is -2.21. The second kappa shape index (κ2) is 7.28. The number of carbonyl (C=O) groups is 3. The van der Waals surface area contributed by atoms with Crippen LogP contribution in [0.5, 0.6) is 0 Å². The van der Waals surface area contributed by atoms with Gasteiger partial charge in [-0.25, -0.2) is 9.59 Å². The fraction of sp³-hybridized carbons (Fsp3) is 0.357. The Morgan fingerprint density at radius 3 is 2.52 bits per heavy atom. The number of hydrogen-bond donors (Lipinski definition) is 2. The monoisotopic (exact) mass is 294 g/mol. The second-order valence-corrected chi connectivity index (χ2v) is 4.30. The summed E-state index contributed by atoms with van der Waals surface area (Å²) in [5.41, 5.74) is 0.958. The minimum absolute atomic E-state index is 0.115. The van der Waals surface area contributed by atoms with Gasteiger partial charge in [-0.1, -0.05) is 6.07 Å². The topological polar surface area (TPSA) is 95.9 Å². The van der Waals surface area contributed by atoms with E-state index >= 15 is 0 Å². The molecule has 0 unspecified atom stereocenters. The molecular formula is C14H18N2O5. The number of esters is 1. The van der Waals surface area contributed by atoms with Crippen LogP contribution in [0.4, 0.5) is 10.5 Å². The third-order valence-electron chi connectivity index (χ3n) is 3.02. The van der Waals surface area contributed by atoms with E-state index in [0.29, 0.717) is 17.8 Å². The maximum Gasteiger partial charge on any atom is 0.336 e. The summed E-state index contributed by atoms with van der Waals surface area (Å²) in [5.74, 6) is -1.59. The van der Waals surface area contributed by atoms with E-state index in [0.717, 1.165) is 0 Å². The van der Waals surface area contributed by atoms with Crippen molar-refractivity contribution in [2.24, 2.45) is 0 Å². The summed E-state index contributed by atoms with van der Waals surface area (Å²) in [6.07, 6.45) is 0. The molecule has 21 heavy (non-hydrogen) atoms. The maximum absolute atomic E-state index is 12.1. The zero-order valence-electron chi connectivity index (χ0n) is 12.2. The molecule has 0 saturated heterocycles. The van der Waals surface area contributed by atoms with Crippen LogP contribution in [0.1, 0.15) is 22.8 Å². The molecule has 7 nitrogen and oxygen atoms in total. The quantitative estimate of drug-likeness (QED) is 0.806. The first-order chi connectivity index (χ1) is 9.90. The fourth-order valence-electron chi connectivity index (χ4n) is 1.74. The lowest BCUT2D eigenvalue weighted by molar-refractivity contribution is -0.141. The van der Waals surface area contributed by atoms with Gasteiger partial charge in [0.1, 0.15) is 6.54 Å². The van der Waals surface area contributed by atoms with E-state index in [1.54, 1.807) is 26.0 Å². The van der Waals surface area contributed by atoms with E-state index in [4.69, 9.17) is 5.11 Å². The summed E-state index contributed by atoms with van der Waals surface area (Å²) in [6.45, 7) is 3.48. The van der Waals surface area contributed by atoms with Gasteiger partial charge in [-0.15, -0.1) is 0 Å². The number of carboxylic acid groups (broad SMARTS) is 1. The minimum atomic E-state index is -1.06. The zero-order valence-corrected chi connectivity index (χ0v) is 12.2. The van der Waals surface area contributed by atoms with Gasteiger partial charge in [0.15, 0.2) is 0 Å². The van der Waals surface area contributed by atoms with Crippen molar-refractivity contribution in [3.8, 4) is 0 Å². The summed E-state index contributed by atoms with van der Waals surface area (Å²) >= 11 is 0. The smallest absolute Gasteiger partial charge is 0.336 e. The van der Waals surface area contributed by atoms with Gasteiger partial charge in [-0.3, -0.25) is 4.79 Å². The third-order valence-corrected chi connectivity index (χ3v) is 3.02. The van der Waals surface area contributed by atoms with Gasteiger partial charge in [-0.05, 0) is 31.5 Å². The predicted molar refractivity (Wildman–Crippen MR) is 76.4 cm³/mol. The lowest BCUT2D eigenvalue weighted by Crippen LogP contribution is -2.39. The summed E-state index contributed by atoms with van der Waals surface area (Å²) in [5, 5.41) is 11.6. The largest absolute Gasteiger partial charge is 0.478 e. The highest BCUT2D eigenvalue weighted by Gasteiger charge is 2.18. The molecule has 0 heterocycles. The molecule has 0 fully saturated rings. The van der Waals surface area contributed by atoms with Crippen molar-refractivity contribution in [2.45, 2.75) is 13.8 Å². The fourth-order valence-corrected chi connectivity index (χ4v) is 1.74.